The maximum atomic E-state index is 13.5. The molecule has 0 aliphatic heterocycles. The smallest absolute Gasteiger partial charge is 0.247 e. The minimum atomic E-state index is -0.969. The fraction of sp³-hybridized carbons (Fsp3) is 0.615. The number of carbonyl (C=O) groups excluding carboxylic acids is 2. The lowest BCUT2D eigenvalue weighted by atomic mass is 9.84. The molecule has 2 aliphatic carbocycles. The maximum Gasteiger partial charge on any atom is 0.247 e. The van der Waals surface area contributed by atoms with E-state index in [1.54, 1.807) is 6.08 Å². The molecule has 0 aromatic heterocycles. The SMILES string of the molecule is CC(C)CC(=O)N(C1CCCCC1)C1CC(C(=O)NCCO)=CC(Oc2ccccc2I)C1O. The number of aliphatic hydroxyl groups is 2. The van der Waals surface area contributed by atoms with Gasteiger partial charge in [-0.15, -0.1) is 0 Å². The molecule has 0 saturated heterocycles. The van der Waals surface area contributed by atoms with Crippen LogP contribution in [0.2, 0.25) is 0 Å². The van der Waals surface area contributed by atoms with Gasteiger partial charge in [0, 0.05) is 31.0 Å². The Morgan fingerprint density at radius 1 is 1.21 bits per heavy atom. The Hall–Kier alpha value is -1.65. The summed E-state index contributed by atoms with van der Waals surface area (Å²) in [6, 6.07) is 7.02. The zero-order valence-corrected chi connectivity index (χ0v) is 22.2. The van der Waals surface area contributed by atoms with Crippen LogP contribution in [0.4, 0.5) is 0 Å². The molecule has 1 aromatic carbocycles. The summed E-state index contributed by atoms with van der Waals surface area (Å²) in [6.45, 7) is 4.02. The van der Waals surface area contributed by atoms with Gasteiger partial charge in [0.15, 0.2) is 0 Å². The summed E-state index contributed by atoms with van der Waals surface area (Å²) in [5, 5.41) is 23.4. The van der Waals surface area contributed by atoms with E-state index in [9.17, 15) is 14.7 Å². The lowest BCUT2D eigenvalue weighted by Crippen LogP contribution is -2.58. The molecule has 8 heteroatoms. The van der Waals surface area contributed by atoms with Crippen LogP contribution in [0.5, 0.6) is 5.75 Å². The van der Waals surface area contributed by atoms with Crippen molar-refractivity contribution in [2.24, 2.45) is 5.92 Å². The first-order valence-electron chi connectivity index (χ1n) is 12.3. The molecule has 2 aliphatic rings. The molecule has 1 aromatic rings. The summed E-state index contributed by atoms with van der Waals surface area (Å²) in [7, 11) is 0. The molecular weight excluding hydrogens is 547 g/mol. The minimum absolute atomic E-state index is 0.0241. The van der Waals surface area contributed by atoms with Gasteiger partial charge in [-0.05, 0) is 59.6 Å². The molecule has 0 radical (unpaired) electrons. The van der Waals surface area contributed by atoms with Gasteiger partial charge in [-0.25, -0.2) is 0 Å². The summed E-state index contributed by atoms with van der Waals surface area (Å²) in [5.74, 6) is 0.537. The lowest BCUT2D eigenvalue weighted by molar-refractivity contribution is -0.144. The first-order valence-corrected chi connectivity index (χ1v) is 13.4. The van der Waals surface area contributed by atoms with Gasteiger partial charge in [0.25, 0.3) is 0 Å². The van der Waals surface area contributed by atoms with Crippen LogP contribution >= 0.6 is 22.6 Å². The molecule has 2 amide bonds. The maximum absolute atomic E-state index is 13.5. The number of hydrogen-bond donors (Lipinski definition) is 3. The third kappa shape index (κ3) is 6.95. The molecule has 7 nitrogen and oxygen atoms in total. The van der Waals surface area contributed by atoms with Crippen molar-refractivity contribution in [1.29, 1.82) is 0 Å². The van der Waals surface area contributed by atoms with Crippen LogP contribution in [0, 0.1) is 9.49 Å². The molecular formula is C26H37IN2O5. The average Bonchev–Trinajstić information content (AvgIpc) is 2.81. The van der Waals surface area contributed by atoms with Crippen molar-refractivity contribution in [3.63, 3.8) is 0 Å². The van der Waals surface area contributed by atoms with E-state index < -0.39 is 18.2 Å². The first kappa shape index (κ1) is 26.9. The Morgan fingerprint density at radius 2 is 1.91 bits per heavy atom. The van der Waals surface area contributed by atoms with Crippen LogP contribution in [0.3, 0.4) is 0 Å². The predicted molar refractivity (Wildman–Crippen MR) is 139 cm³/mol. The van der Waals surface area contributed by atoms with E-state index >= 15 is 0 Å². The van der Waals surface area contributed by atoms with E-state index in [4.69, 9.17) is 9.84 Å². The zero-order valence-electron chi connectivity index (χ0n) is 20.1. The highest BCUT2D eigenvalue weighted by Crippen LogP contribution is 2.34. The Balaban J connectivity index is 1.95. The molecule has 188 valence electrons. The van der Waals surface area contributed by atoms with Crippen molar-refractivity contribution in [1.82, 2.24) is 10.2 Å². The summed E-state index contributed by atoms with van der Waals surface area (Å²) in [5.41, 5.74) is 0.470. The average molecular weight is 584 g/mol. The molecule has 1 fully saturated rings. The van der Waals surface area contributed by atoms with E-state index in [0.717, 1.165) is 35.7 Å². The minimum Gasteiger partial charge on any atom is -0.482 e. The predicted octanol–water partition coefficient (Wildman–Crippen LogP) is 3.41. The number of ether oxygens (including phenoxy) is 1. The van der Waals surface area contributed by atoms with Gasteiger partial charge in [-0.1, -0.05) is 45.2 Å². The van der Waals surface area contributed by atoms with Gasteiger partial charge < -0.3 is 25.2 Å². The summed E-state index contributed by atoms with van der Waals surface area (Å²) < 4.78 is 7.11. The van der Waals surface area contributed by atoms with Gasteiger partial charge in [0.1, 0.15) is 18.0 Å². The standard InChI is InChI=1S/C26H37IN2O5/c1-17(2)14-24(31)29(19-8-4-3-5-9-19)21-15-18(26(33)28-12-13-30)16-23(25(21)32)34-22-11-7-6-10-20(22)27/h6-7,10-11,16-17,19,21,23,25,30,32H,3-5,8-9,12-15H2,1-2H3,(H,28,33). The summed E-state index contributed by atoms with van der Waals surface area (Å²) in [4.78, 5) is 28.3. The number of benzene rings is 1. The summed E-state index contributed by atoms with van der Waals surface area (Å²) in [6.07, 6.45) is 5.66. The Kier molecular flexibility index (Phi) is 10.2. The van der Waals surface area contributed by atoms with Crippen LogP contribution in [0.1, 0.15) is 58.8 Å². The van der Waals surface area contributed by atoms with Crippen molar-refractivity contribution in [3.05, 3.63) is 39.5 Å². The number of nitrogens with one attached hydrogen (secondary N) is 1. The van der Waals surface area contributed by atoms with Gasteiger partial charge in [-0.3, -0.25) is 9.59 Å². The third-order valence-electron chi connectivity index (χ3n) is 6.51. The third-order valence-corrected chi connectivity index (χ3v) is 7.40. The van der Waals surface area contributed by atoms with E-state index in [1.807, 2.05) is 43.0 Å². The molecule has 0 bridgehead atoms. The molecule has 3 unspecified atom stereocenters. The van der Waals surface area contributed by atoms with Crippen LogP contribution in [0.15, 0.2) is 35.9 Å². The number of carbonyl (C=O) groups is 2. The second kappa shape index (κ2) is 12.9. The largest absolute Gasteiger partial charge is 0.482 e. The van der Waals surface area contributed by atoms with Crippen LogP contribution in [-0.2, 0) is 9.59 Å². The number of para-hydroxylation sites is 1. The Bertz CT molecular complexity index is 869. The highest BCUT2D eigenvalue weighted by molar-refractivity contribution is 14.1. The quantitative estimate of drug-likeness (QED) is 0.387. The highest BCUT2D eigenvalue weighted by atomic mass is 127. The van der Waals surface area contributed by atoms with Crippen LogP contribution in [0.25, 0.3) is 0 Å². The Labute approximate surface area is 216 Å². The molecule has 0 spiro atoms. The van der Waals surface area contributed by atoms with Crippen molar-refractivity contribution < 1.29 is 24.5 Å². The number of amides is 2. The number of nitrogens with zero attached hydrogens (tertiary/aromatic N) is 1. The number of rotatable bonds is 9. The highest BCUT2D eigenvalue weighted by Gasteiger charge is 2.43. The second-order valence-corrected chi connectivity index (χ2v) is 10.8. The van der Waals surface area contributed by atoms with Crippen LogP contribution < -0.4 is 10.1 Å². The number of aliphatic hydroxyl groups excluding tert-OH is 2. The molecule has 34 heavy (non-hydrogen) atoms. The van der Waals surface area contributed by atoms with Gasteiger partial charge in [-0.2, -0.15) is 0 Å². The molecule has 3 atom stereocenters. The van der Waals surface area contributed by atoms with E-state index in [2.05, 4.69) is 27.9 Å². The van der Waals surface area contributed by atoms with Crippen molar-refractivity contribution in [3.8, 4) is 5.75 Å². The number of halogens is 1. The zero-order chi connectivity index (χ0) is 24.7. The first-order chi connectivity index (χ1) is 16.3. The molecule has 0 heterocycles. The van der Waals surface area contributed by atoms with Crippen molar-refractivity contribution >= 4 is 34.4 Å². The molecule has 3 rings (SSSR count). The fourth-order valence-corrected chi connectivity index (χ4v) is 5.42. The number of hydrogen-bond acceptors (Lipinski definition) is 5. The van der Waals surface area contributed by atoms with Gasteiger partial charge in [0.05, 0.1) is 16.2 Å². The van der Waals surface area contributed by atoms with E-state index in [1.165, 1.54) is 0 Å². The topological polar surface area (TPSA) is 99.1 Å². The van der Waals surface area contributed by atoms with E-state index in [-0.39, 0.29) is 43.3 Å². The van der Waals surface area contributed by atoms with Crippen molar-refractivity contribution in [2.75, 3.05) is 13.2 Å². The van der Waals surface area contributed by atoms with Gasteiger partial charge in [0.2, 0.25) is 11.8 Å². The van der Waals surface area contributed by atoms with Crippen LogP contribution in [-0.4, -0.2) is 64.4 Å². The fourth-order valence-electron chi connectivity index (χ4n) is 4.91. The summed E-state index contributed by atoms with van der Waals surface area (Å²) >= 11 is 2.18. The van der Waals surface area contributed by atoms with Gasteiger partial charge >= 0.3 is 0 Å². The Morgan fingerprint density at radius 3 is 2.56 bits per heavy atom. The molecule has 3 N–H and O–H groups in total. The monoisotopic (exact) mass is 584 g/mol. The lowest BCUT2D eigenvalue weighted by Gasteiger charge is -2.45. The second-order valence-electron chi connectivity index (χ2n) is 9.64. The molecule has 1 saturated carbocycles. The normalized spacial score (nSPS) is 23.4. The van der Waals surface area contributed by atoms with E-state index in [0.29, 0.717) is 17.7 Å². The van der Waals surface area contributed by atoms with Crippen molar-refractivity contribution in [2.45, 2.75) is 83.1 Å².